The van der Waals surface area contributed by atoms with Crippen LogP contribution in [-0.2, 0) is 26.3 Å². The Labute approximate surface area is 233 Å². The van der Waals surface area contributed by atoms with E-state index in [0.717, 1.165) is 23.9 Å². The molecule has 214 valence electrons. The third kappa shape index (κ3) is 7.55. The highest BCUT2D eigenvalue weighted by molar-refractivity contribution is 6.38. The van der Waals surface area contributed by atoms with Crippen LogP contribution < -0.4 is 14.5 Å². The maximum atomic E-state index is 13.2. The normalized spacial score (nSPS) is 11.6. The summed E-state index contributed by atoms with van der Waals surface area (Å²) in [5.74, 6) is -2.18. The van der Waals surface area contributed by atoms with E-state index in [4.69, 9.17) is 4.74 Å². The second kappa shape index (κ2) is 12.4. The van der Waals surface area contributed by atoms with Crippen LogP contribution in [0.2, 0.25) is 0 Å². The highest BCUT2D eigenvalue weighted by Gasteiger charge is 2.31. The second-order valence-corrected chi connectivity index (χ2v) is 10.3. The Morgan fingerprint density at radius 2 is 1.45 bits per heavy atom. The molecule has 9 heteroatoms. The number of hydrogen-bond acceptors (Lipinski definition) is 5. The molecular formula is C31H35F3N2O4. The van der Waals surface area contributed by atoms with E-state index in [-0.39, 0.29) is 17.7 Å². The minimum atomic E-state index is -4.80. The maximum absolute atomic E-state index is 13.2. The molecule has 0 aliphatic heterocycles. The lowest BCUT2D eigenvalue weighted by atomic mass is 9.87. The van der Waals surface area contributed by atoms with E-state index in [0.29, 0.717) is 29.9 Å². The van der Waals surface area contributed by atoms with E-state index in [9.17, 15) is 22.8 Å². The summed E-state index contributed by atoms with van der Waals surface area (Å²) in [6.07, 6.45) is -4.80. The molecule has 0 aliphatic carbocycles. The highest BCUT2D eigenvalue weighted by Crippen LogP contribution is 2.37. The summed E-state index contributed by atoms with van der Waals surface area (Å²) in [4.78, 5) is 29.0. The van der Waals surface area contributed by atoms with E-state index >= 15 is 0 Å². The van der Waals surface area contributed by atoms with Gasteiger partial charge in [-0.1, -0.05) is 57.2 Å². The Kier molecular flexibility index (Phi) is 9.50. The Morgan fingerprint density at radius 3 is 1.95 bits per heavy atom. The predicted octanol–water partition coefficient (Wildman–Crippen LogP) is 7.10. The zero-order valence-electron chi connectivity index (χ0n) is 23.6. The molecular weight excluding hydrogens is 521 g/mol. The largest absolute Gasteiger partial charge is 0.573 e. The topological polar surface area (TPSA) is 59.1 Å². The van der Waals surface area contributed by atoms with Crippen molar-refractivity contribution in [2.45, 2.75) is 52.9 Å². The standard InChI is InChI=1S/C31H35F3N2O4/c1-7-35(8-2)27-18-15-24(19-26(27)22-11-16-25(17-12-22)40-31(32,33)34)36(28(37)29(38)39-6)20-21-9-13-23(14-10-21)30(3,4)5/h9-19H,7-8,20H2,1-6H3. The van der Waals surface area contributed by atoms with Crippen molar-refractivity contribution in [2.75, 3.05) is 30.0 Å². The molecule has 0 aliphatic rings. The number of carbonyl (C=O) groups excluding carboxylic acids is 2. The molecule has 3 aromatic rings. The minimum absolute atomic E-state index is 0.0457. The smallest absolute Gasteiger partial charge is 0.462 e. The molecule has 0 spiro atoms. The molecule has 0 saturated heterocycles. The van der Waals surface area contributed by atoms with Crippen LogP contribution in [0.5, 0.6) is 5.75 Å². The number of esters is 1. The van der Waals surface area contributed by atoms with Crippen molar-refractivity contribution < 1.29 is 32.2 Å². The molecule has 3 rings (SSSR count). The zero-order chi connectivity index (χ0) is 29.7. The number of methoxy groups -OCH3 is 1. The Hall–Kier alpha value is -4.01. The Bertz CT molecular complexity index is 1310. The SMILES string of the molecule is CCN(CC)c1ccc(N(Cc2ccc(C(C)(C)C)cc2)C(=O)C(=O)OC)cc1-c1ccc(OC(F)(F)F)cc1. The lowest BCUT2D eigenvalue weighted by Crippen LogP contribution is -2.37. The van der Waals surface area contributed by atoms with Gasteiger partial charge in [0, 0.05) is 30.0 Å². The van der Waals surface area contributed by atoms with Crippen LogP contribution in [0.25, 0.3) is 11.1 Å². The molecule has 0 fully saturated rings. The first-order valence-corrected chi connectivity index (χ1v) is 13.0. The van der Waals surface area contributed by atoms with Gasteiger partial charge in [-0.2, -0.15) is 0 Å². The predicted molar refractivity (Wildman–Crippen MR) is 150 cm³/mol. The second-order valence-electron chi connectivity index (χ2n) is 10.3. The molecule has 0 saturated carbocycles. The van der Waals surface area contributed by atoms with E-state index < -0.39 is 18.2 Å². The lowest BCUT2D eigenvalue weighted by molar-refractivity contribution is -0.274. The molecule has 0 bridgehead atoms. The molecule has 0 unspecified atom stereocenters. The van der Waals surface area contributed by atoms with Crippen molar-refractivity contribution in [3.05, 3.63) is 77.9 Å². The number of anilines is 2. The molecule has 0 atom stereocenters. The van der Waals surface area contributed by atoms with Crippen LogP contribution in [0.3, 0.4) is 0 Å². The number of nitrogens with zero attached hydrogens (tertiary/aromatic N) is 2. The average molecular weight is 557 g/mol. The van der Waals surface area contributed by atoms with Gasteiger partial charge in [0.25, 0.3) is 0 Å². The fraction of sp³-hybridized carbons (Fsp3) is 0.355. The van der Waals surface area contributed by atoms with Gasteiger partial charge >= 0.3 is 18.2 Å². The number of hydrogen-bond donors (Lipinski definition) is 0. The van der Waals surface area contributed by atoms with Gasteiger partial charge in [-0.3, -0.25) is 9.69 Å². The minimum Gasteiger partial charge on any atom is -0.462 e. The molecule has 0 heterocycles. The molecule has 0 aromatic heterocycles. The van der Waals surface area contributed by atoms with Crippen LogP contribution in [-0.4, -0.2) is 38.4 Å². The summed E-state index contributed by atoms with van der Waals surface area (Å²) in [5.41, 5.74) is 4.48. The fourth-order valence-electron chi connectivity index (χ4n) is 4.37. The molecule has 0 radical (unpaired) electrons. The summed E-state index contributed by atoms with van der Waals surface area (Å²) in [6, 6.07) is 18.7. The summed E-state index contributed by atoms with van der Waals surface area (Å²) >= 11 is 0. The summed E-state index contributed by atoms with van der Waals surface area (Å²) in [7, 11) is 1.15. The van der Waals surface area contributed by atoms with E-state index in [1.54, 1.807) is 12.1 Å². The monoisotopic (exact) mass is 556 g/mol. The number of alkyl halides is 3. The highest BCUT2D eigenvalue weighted by atomic mass is 19.4. The van der Waals surface area contributed by atoms with Gasteiger partial charge in [-0.05, 0) is 66.3 Å². The number of amides is 1. The summed E-state index contributed by atoms with van der Waals surface area (Å²) in [6.45, 7) is 11.8. The van der Waals surface area contributed by atoms with Crippen LogP contribution >= 0.6 is 0 Å². The third-order valence-corrected chi connectivity index (χ3v) is 6.56. The molecule has 6 nitrogen and oxygen atoms in total. The van der Waals surface area contributed by atoms with Gasteiger partial charge in [0.2, 0.25) is 0 Å². The maximum Gasteiger partial charge on any atom is 0.573 e. The fourth-order valence-corrected chi connectivity index (χ4v) is 4.37. The van der Waals surface area contributed by atoms with Crippen molar-refractivity contribution in [1.82, 2.24) is 0 Å². The third-order valence-electron chi connectivity index (χ3n) is 6.56. The van der Waals surface area contributed by atoms with Crippen molar-refractivity contribution in [3.8, 4) is 16.9 Å². The van der Waals surface area contributed by atoms with Gasteiger partial charge in [0.15, 0.2) is 0 Å². The number of carbonyl (C=O) groups is 2. The van der Waals surface area contributed by atoms with Gasteiger partial charge in [-0.25, -0.2) is 4.79 Å². The molecule has 3 aromatic carbocycles. The van der Waals surface area contributed by atoms with Crippen molar-refractivity contribution in [1.29, 1.82) is 0 Å². The number of rotatable bonds is 8. The van der Waals surface area contributed by atoms with Gasteiger partial charge in [-0.15, -0.1) is 13.2 Å². The van der Waals surface area contributed by atoms with E-state index in [2.05, 4.69) is 30.4 Å². The molecule has 1 amide bonds. The van der Waals surface area contributed by atoms with Crippen LogP contribution in [0.1, 0.15) is 45.7 Å². The first kappa shape index (κ1) is 30.5. The summed E-state index contributed by atoms with van der Waals surface area (Å²) in [5, 5.41) is 0. The first-order valence-electron chi connectivity index (χ1n) is 13.0. The van der Waals surface area contributed by atoms with Crippen LogP contribution in [0.4, 0.5) is 24.5 Å². The van der Waals surface area contributed by atoms with E-state index in [1.165, 1.54) is 29.2 Å². The average Bonchev–Trinajstić information content (AvgIpc) is 2.91. The Morgan fingerprint density at radius 1 is 0.850 bits per heavy atom. The number of ether oxygens (including phenoxy) is 2. The van der Waals surface area contributed by atoms with E-state index in [1.807, 2.05) is 44.2 Å². The number of halogens is 3. The van der Waals surface area contributed by atoms with Crippen LogP contribution in [0, 0.1) is 0 Å². The quantitative estimate of drug-likeness (QED) is 0.219. The Balaban J connectivity index is 2.10. The zero-order valence-corrected chi connectivity index (χ0v) is 23.6. The van der Waals surface area contributed by atoms with Gasteiger partial charge in [0.1, 0.15) is 5.75 Å². The first-order chi connectivity index (χ1) is 18.8. The van der Waals surface area contributed by atoms with Crippen LogP contribution in [0.15, 0.2) is 66.7 Å². The van der Waals surface area contributed by atoms with Crippen molar-refractivity contribution in [2.24, 2.45) is 0 Å². The summed E-state index contributed by atoms with van der Waals surface area (Å²) < 4.78 is 46.8. The van der Waals surface area contributed by atoms with Gasteiger partial charge < -0.3 is 14.4 Å². The molecule has 40 heavy (non-hydrogen) atoms. The van der Waals surface area contributed by atoms with Gasteiger partial charge in [0.05, 0.1) is 13.7 Å². The van der Waals surface area contributed by atoms with Crippen molar-refractivity contribution in [3.63, 3.8) is 0 Å². The van der Waals surface area contributed by atoms with Crippen molar-refractivity contribution >= 4 is 23.3 Å². The molecule has 0 N–H and O–H groups in total. The lowest BCUT2D eigenvalue weighted by Gasteiger charge is -2.28. The number of benzene rings is 3.